The Morgan fingerprint density at radius 2 is 1.67 bits per heavy atom. The minimum absolute atomic E-state index is 0.0110. The second kappa shape index (κ2) is 11.6. The number of ether oxygens (including phenoxy) is 2. The number of aromatic nitrogens is 2. The number of rotatable bonds is 8. The van der Waals surface area contributed by atoms with Gasteiger partial charge in [0.1, 0.15) is 11.4 Å². The first kappa shape index (κ1) is 29.2. The summed E-state index contributed by atoms with van der Waals surface area (Å²) in [6.45, 7) is 8.04. The maximum Gasteiger partial charge on any atom is 0.434 e. The number of halogens is 4. The van der Waals surface area contributed by atoms with Crippen LogP contribution in [0.3, 0.4) is 0 Å². The predicted octanol–water partition coefficient (Wildman–Crippen LogP) is 5.64. The van der Waals surface area contributed by atoms with Crippen molar-refractivity contribution in [2.45, 2.75) is 32.5 Å². The van der Waals surface area contributed by atoms with Crippen LogP contribution in [-0.2, 0) is 20.5 Å². The molecule has 0 aliphatic heterocycles. The van der Waals surface area contributed by atoms with Crippen molar-refractivity contribution in [1.29, 1.82) is 0 Å². The molecule has 0 unspecified atom stereocenters. The molecule has 0 saturated heterocycles. The fourth-order valence-electron chi connectivity index (χ4n) is 3.31. The van der Waals surface area contributed by atoms with Crippen LogP contribution in [-0.4, -0.2) is 39.8 Å². The third-order valence-corrected chi connectivity index (χ3v) is 4.97. The smallest absolute Gasteiger partial charge is 0.434 e. The summed E-state index contributed by atoms with van der Waals surface area (Å²) in [7, 11) is 0. The number of hydrogen-bond donors (Lipinski definition) is 2. The van der Waals surface area contributed by atoms with Gasteiger partial charge >= 0.3 is 12.1 Å². The van der Waals surface area contributed by atoms with E-state index in [0.717, 1.165) is 12.3 Å². The highest BCUT2D eigenvalue weighted by atomic mass is 35.5. The molecule has 0 saturated carbocycles. The predicted molar refractivity (Wildman–Crippen MR) is 138 cm³/mol. The summed E-state index contributed by atoms with van der Waals surface area (Å²) < 4.78 is 53.2. The Balaban J connectivity index is 1.83. The van der Waals surface area contributed by atoms with Crippen LogP contribution in [0, 0.1) is 0 Å². The molecule has 2 aromatic carbocycles. The molecular formula is C26H24ClF3N4O5. The van der Waals surface area contributed by atoms with Crippen LogP contribution < -0.4 is 15.4 Å². The fraction of sp³-hybridized carbons (Fsp3) is 0.231. The normalized spacial score (nSPS) is 11.5. The first-order chi connectivity index (χ1) is 18.2. The summed E-state index contributed by atoms with van der Waals surface area (Å²) in [5, 5.41) is 8.68. The molecule has 2 amide bonds. The number of nitrogens with one attached hydrogen (secondary N) is 2. The monoisotopic (exact) mass is 564 g/mol. The van der Waals surface area contributed by atoms with Crippen molar-refractivity contribution in [3.8, 4) is 11.4 Å². The van der Waals surface area contributed by atoms with Gasteiger partial charge < -0.3 is 20.1 Å². The summed E-state index contributed by atoms with van der Waals surface area (Å²) in [6.07, 6.45) is -3.15. The van der Waals surface area contributed by atoms with E-state index in [1.807, 2.05) is 0 Å². The van der Waals surface area contributed by atoms with E-state index in [2.05, 4.69) is 22.3 Å². The molecular weight excluding hydrogens is 541 g/mol. The number of carbonyl (C=O) groups excluding carboxylic acids is 3. The molecule has 3 aromatic rings. The average molecular weight is 565 g/mol. The Labute approximate surface area is 226 Å². The van der Waals surface area contributed by atoms with Crippen LogP contribution >= 0.6 is 11.6 Å². The van der Waals surface area contributed by atoms with E-state index in [9.17, 15) is 27.6 Å². The largest absolute Gasteiger partial charge is 0.482 e. The van der Waals surface area contributed by atoms with Crippen LogP contribution in [0.1, 0.15) is 36.8 Å². The van der Waals surface area contributed by atoms with E-state index in [4.69, 9.17) is 21.1 Å². The summed E-state index contributed by atoms with van der Waals surface area (Å²) in [5.74, 6) is -2.04. The lowest BCUT2D eigenvalue weighted by Crippen LogP contribution is -2.27. The molecule has 2 N–H and O–H groups in total. The minimum atomic E-state index is -4.95. The van der Waals surface area contributed by atoms with E-state index in [-0.39, 0.29) is 34.4 Å². The van der Waals surface area contributed by atoms with Crippen LogP contribution in [0.4, 0.5) is 24.5 Å². The highest BCUT2D eigenvalue weighted by molar-refractivity contribution is 6.31. The Kier molecular flexibility index (Phi) is 8.70. The van der Waals surface area contributed by atoms with Gasteiger partial charge in [-0.05, 0) is 69.3 Å². The molecule has 0 atom stereocenters. The minimum Gasteiger partial charge on any atom is -0.482 e. The van der Waals surface area contributed by atoms with Crippen molar-refractivity contribution < 1.29 is 37.0 Å². The van der Waals surface area contributed by atoms with Gasteiger partial charge in [-0.15, -0.1) is 0 Å². The Morgan fingerprint density at radius 1 is 1.05 bits per heavy atom. The van der Waals surface area contributed by atoms with Crippen molar-refractivity contribution in [2.75, 3.05) is 17.2 Å². The average Bonchev–Trinajstić information content (AvgIpc) is 3.28. The molecule has 0 aliphatic rings. The van der Waals surface area contributed by atoms with Gasteiger partial charge in [0.2, 0.25) is 5.91 Å². The molecule has 0 bridgehead atoms. The number of carbonyl (C=O) groups is 3. The maximum atomic E-state index is 14.1. The highest BCUT2D eigenvalue weighted by Crippen LogP contribution is 2.34. The zero-order valence-corrected chi connectivity index (χ0v) is 21.8. The van der Waals surface area contributed by atoms with Crippen LogP contribution in [0.5, 0.6) is 5.75 Å². The standard InChI is InChI=1S/C26H24ClF3N4O5/c1-5-21(35)32-16-10-15(27)11-17(12-16)33-24(37)20-13-31-34(23(20)26(28,29)30)18-6-8-19(9-7-18)38-14-22(36)39-25(2,3)4/h5-13H,1,14H2,2-4H3,(H,32,35)(H,33,37). The van der Waals surface area contributed by atoms with Crippen molar-refractivity contribution >= 4 is 40.8 Å². The third kappa shape index (κ3) is 8.08. The SMILES string of the molecule is C=CC(=O)Nc1cc(Cl)cc(NC(=O)c2cnn(-c3ccc(OCC(=O)OC(C)(C)C)cc3)c2C(F)(F)F)c1. The lowest BCUT2D eigenvalue weighted by atomic mass is 10.2. The van der Waals surface area contributed by atoms with E-state index >= 15 is 0 Å². The number of anilines is 2. The van der Waals surface area contributed by atoms with Gasteiger partial charge in [-0.25, -0.2) is 9.48 Å². The summed E-state index contributed by atoms with van der Waals surface area (Å²) in [5.41, 5.74) is -2.53. The summed E-state index contributed by atoms with van der Waals surface area (Å²) in [6, 6.07) is 9.30. The molecule has 206 valence electrons. The second-order valence-corrected chi connectivity index (χ2v) is 9.50. The van der Waals surface area contributed by atoms with E-state index in [1.54, 1.807) is 20.8 Å². The molecule has 9 nitrogen and oxygen atoms in total. The van der Waals surface area contributed by atoms with E-state index in [0.29, 0.717) is 4.68 Å². The lowest BCUT2D eigenvalue weighted by molar-refractivity contribution is -0.157. The fourth-order valence-corrected chi connectivity index (χ4v) is 3.54. The van der Waals surface area contributed by atoms with Crippen molar-refractivity contribution in [2.24, 2.45) is 0 Å². The van der Waals surface area contributed by atoms with Gasteiger partial charge in [0.05, 0.1) is 17.4 Å². The third-order valence-electron chi connectivity index (χ3n) is 4.75. The molecule has 0 radical (unpaired) electrons. The number of amides is 2. The Bertz CT molecular complexity index is 1400. The second-order valence-electron chi connectivity index (χ2n) is 9.06. The zero-order valence-electron chi connectivity index (χ0n) is 21.1. The first-order valence-corrected chi connectivity index (χ1v) is 11.7. The van der Waals surface area contributed by atoms with E-state index in [1.165, 1.54) is 42.5 Å². The molecule has 0 aliphatic carbocycles. The lowest BCUT2D eigenvalue weighted by Gasteiger charge is -2.19. The molecule has 3 rings (SSSR count). The van der Waals surface area contributed by atoms with Crippen LogP contribution in [0.25, 0.3) is 5.69 Å². The summed E-state index contributed by atoms with van der Waals surface area (Å²) in [4.78, 5) is 36.2. The first-order valence-electron chi connectivity index (χ1n) is 11.3. The van der Waals surface area contributed by atoms with Crippen LogP contribution in [0.2, 0.25) is 5.02 Å². The van der Waals surface area contributed by atoms with E-state index < -0.39 is 40.8 Å². The molecule has 13 heteroatoms. The number of alkyl halides is 3. The number of benzene rings is 2. The van der Waals surface area contributed by atoms with Gasteiger partial charge in [0.15, 0.2) is 12.3 Å². The quantitative estimate of drug-likeness (QED) is 0.270. The topological polar surface area (TPSA) is 112 Å². The summed E-state index contributed by atoms with van der Waals surface area (Å²) >= 11 is 6.01. The highest BCUT2D eigenvalue weighted by Gasteiger charge is 2.40. The van der Waals surface area contributed by atoms with Gasteiger partial charge in [-0.3, -0.25) is 9.59 Å². The van der Waals surface area contributed by atoms with Crippen molar-refractivity contribution in [3.05, 3.63) is 77.6 Å². The van der Waals surface area contributed by atoms with Gasteiger partial charge in [0.25, 0.3) is 5.91 Å². The maximum absolute atomic E-state index is 14.1. The number of esters is 1. The molecule has 0 spiro atoms. The van der Waals surface area contributed by atoms with Crippen LogP contribution in [0.15, 0.2) is 61.3 Å². The van der Waals surface area contributed by atoms with Crippen molar-refractivity contribution in [3.63, 3.8) is 0 Å². The molecule has 1 heterocycles. The zero-order chi connectivity index (χ0) is 29.0. The number of hydrogen-bond acceptors (Lipinski definition) is 6. The van der Waals surface area contributed by atoms with Crippen molar-refractivity contribution in [1.82, 2.24) is 9.78 Å². The Morgan fingerprint density at radius 3 is 2.23 bits per heavy atom. The van der Waals surface area contributed by atoms with Gasteiger partial charge in [-0.1, -0.05) is 18.2 Å². The number of nitrogens with zero attached hydrogens (tertiary/aromatic N) is 2. The molecule has 1 aromatic heterocycles. The molecule has 39 heavy (non-hydrogen) atoms. The Hall–Kier alpha value is -4.32. The van der Waals surface area contributed by atoms with Gasteiger partial charge in [-0.2, -0.15) is 18.3 Å². The van der Waals surface area contributed by atoms with Gasteiger partial charge in [0, 0.05) is 16.4 Å². The molecule has 0 fully saturated rings.